The first-order chi connectivity index (χ1) is 34.8. The number of nitrogens with one attached hydrogen (secondary N) is 1. The van der Waals surface area contributed by atoms with Crippen molar-refractivity contribution < 1.29 is 39.8 Å². The standard InChI is InChI=1S/C62H117NO8/c1-3-5-7-9-11-13-15-17-19-21-23-25-26-27-28-29-30-32-34-36-38-40-42-44-46-48-50-52-58(66)63-55(54-70-62-61(69)60(68)59(67)57(53-64)71-62)56(65)51-49-47-45-43-41-39-37-35-33-31-24-22-20-18-16-14-12-10-8-6-4-2/h23,25,27-28,49,51,55-57,59-62,64-65,67-69H,3-22,24,26,29-48,50,52-54H2,1-2H3,(H,63,66)/b25-23-,28-27-,51-49+. The zero-order chi connectivity index (χ0) is 51.5. The third-order valence-corrected chi connectivity index (χ3v) is 14.7. The quantitative estimate of drug-likeness (QED) is 0.0261. The van der Waals surface area contributed by atoms with Crippen molar-refractivity contribution in [3.8, 4) is 0 Å². The highest BCUT2D eigenvalue weighted by Crippen LogP contribution is 2.23. The zero-order valence-corrected chi connectivity index (χ0v) is 46.5. The van der Waals surface area contributed by atoms with Crippen LogP contribution in [0.15, 0.2) is 36.5 Å². The second kappa shape index (κ2) is 51.9. The number of carbonyl (C=O) groups excluding carboxylic acids is 1. The van der Waals surface area contributed by atoms with Gasteiger partial charge in [-0.3, -0.25) is 4.79 Å². The van der Waals surface area contributed by atoms with Crippen LogP contribution in [-0.4, -0.2) is 87.5 Å². The maximum atomic E-state index is 13.1. The van der Waals surface area contributed by atoms with Gasteiger partial charge >= 0.3 is 0 Å². The Morgan fingerprint density at radius 2 is 0.831 bits per heavy atom. The van der Waals surface area contributed by atoms with Crippen molar-refractivity contribution in [2.24, 2.45) is 0 Å². The van der Waals surface area contributed by atoms with Crippen LogP contribution in [0.2, 0.25) is 0 Å². The molecule has 7 atom stereocenters. The highest BCUT2D eigenvalue weighted by Gasteiger charge is 2.44. The molecule has 418 valence electrons. The topological polar surface area (TPSA) is 149 Å². The Labute approximate surface area is 438 Å². The molecule has 0 saturated carbocycles. The number of carbonyl (C=O) groups is 1. The van der Waals surface area contributed by atoms with Gasteiger partial charge in [0.1, 0.15) is 24.4 Å². The van der Waals surface area contributed by atoms with E-state index in [1.54, 1.807) is 6.08 Å². The fraction of sp³-hybridized carbons (Fsp3) is 0.887. The summed E-state index contributed by atoms with van der Waals surface area (Å²) in [6.07, 6.45) is 60.7. The van der Waals surface area contributed by atoms with E-state index < -0.39 is 49.5 Å². The Morgan fingerprint density at radius 1 is 0.479 bits per heavy atom. The molecule has 1 rings (SSSR count). The van der Waals surface area contributed by atoms with E-state index in [0.29, 0.717) is 6.42 Å². The molecule has 0 aliphatic carbocycles. The monoisotopic (exact) mass is 1000 g/mol. The molecule has 9 nitrogen and oxygen atoms in total. The fourth-order valence-corrected chi connectivity index (χ4v) is 9.84. The van der Waals surface area contributed by atoms with Gasteiger partial charge in [0.2, 0.25) is 5.91 Å². The minimum Gasteiger partial charge on any atom is -0.394 e. The van der Waals surface area contributed by atoms with Crippen LogP contribution in [0.5, 0.6) is 0 Å². The van der Waals surface area contributed by atoms with Crippen molar-refractivity contribution in [3.63, 3.8) is 0 Å². The number of unbranched alkanes of at least 4 members (excludes halogenated alkanes) is 39. The largest absolute Gasteiger partial charge is 0.394 e. The molecule has 6 N–H and O–H groups in total. The van der Waals surface area contributed by atoms with Gasteiger partial charge in [0, 0.05) is 6.42 Å². The van der Waals surface area contributed by atoms with E-state index in [1.807, 2.05) is 6.08 Å². The molecule has 1 saturated heterocycles. The molecule has 0 bridgehead atoms. The molecule has 7 unspecified atom stereocenters. The average Bonchev–Trinajstić information content (AvgIpc) is 3.37. The smallest absolute Gasteiger partial charge is 0.220 e. The Balaban J connectivity index is 2.20. The van der Waals surface area contributed by atoms with Gasteiger partial charge in [-0.15, -0.1) is 0 Å². The maximum absolute atomic E-state index is 13.1. The molecular weight excluding hydrogens is 887 g/mol. The predicted octanol–water partition coefficient (Wildman–Crippen LogP) is 15.5. The van der Waals surface area contributed by atoms with E-state index >= 15 is 0 Å². The van der Waals surface area contributed by atoms with Gasteiger partial charge < -0.3 is 40.3 Å². The van der Waals surface area contributed by atoms with Gasteiger partial charge in [-0.05, 0) is 51.4 Å². The van der Waals surface area contributed by atoms with E-state index in [4.69, 9.17) is 9.47 Å². The first-order valence-electron chi connectivity index (χ1n) is 30.7. The summed E-state index contributed by atoms with van der Waals surface area (Å²) in [5.41, 5.74) is 0. The number of aliphatic hydroxyl groups excluding tert-OH is 5. The van der Waals surface area contributed by atoms with E-state index in [-0.39, 0.29) is 12.5 Å². The first-order valence-corrected chi connectivity index (χ1v) is 30.7. The highest BCUT2D eigenvalue weighted by atomic mass is 16.7. The molecule has 71 heavy (non-hydrogen) atoms. The van der Waals surface area contributed by atoms with Gasteiger partial charge in [0.05, 0.1) is 25.4 Å². The Kier molecular flexibility index (Phi) is 49.3. The van der Waals surface area contributed by atoms with Gasteiger partial charge in [0.25, 0.3) is 0 Å². The molecule has 1 amide bonds. The van der Waals surface area contributed by atoms with Crippen LogP contribution in [0.4, 0.5) is 0 Å². The number of amides is 1. The third-order valence-electron chi connectivity index (χ3n) is 14.7. The van der Waals surface area contributed by atoms with Crippen LogP contribution in [-0.2, 0) is 14.3 Å². The molecule has 0 aromatic carbocycles. The van der Waals surface area contributed by atoms with Crippen molar-refractivity contribution >= 4 is 5.91 Å². The van der Waals surface area contributed by atoms with Gasteiger partial charge in [-0.2, -0.15) is 0 Å². The average molecular weight is 1000 g/mol. The lowest BCUT2D eigenvalue weighted by atomic mass is 9.99. The summed E-state index contributed by atoms with van der Waals surface area (Å²) >= 11 is 0. The predicted molar refractivity (Wildman–Crippen MR) is 300 cm³/mol. The number of hydrogen-bond acceptors (Lipinski definition) is 8. The summed E-state index contributed by atoms with van der Waals surface area (Å²) < 4.78 is 11.3. The van der Waals surface area contributed by atoms with E-state index in [1.165, 1.54) is 231 Å². The maximum Gasteiger partial charge on any atom is 0.220 e. The molecule has 1 aliphatic rings. The molecular formula is C62H117NO8. The second-order valence-corrected chi connectivity index (χ2v) is 21.5. The molecule has 0 aromatic heterocycles. The Morgan fingerprint density at radius 3 is 1.21 bits per heavy atom. The minimum absolute atomic E-state index is 0.175. The third kappa shape index (κ3) is 41.4. The summed E-state index contributed by atoms with van der Waals surface area (Å²) in [7, 11) is 0. The molecule has 0 spiro atoms. The summed E-state index contributed by atoms with van der Waals surface area (Å²) in [5.74, 6) is -0.175. The van der Waals surface area contributed by atoms with Crippen molar-refractivity contribution in [2.45, 2.75) is 339 Å². The Hall–Kier alpha value is -1.59. The van der Waals surface area contributed by atoms with Crippen LogP contribution in [0, 0.1) is 0 Å². The van der Waals surface area contributed by atoms with Crippen molar-refractivity contribution in [2.75, 3.05) is 13.2 Å². The minimum atomic E-state index is -1.57. The van der Waals surface area contributed by atoms with E-state index in [2.05, 4.69) is 43.5 Å². The summed E-state index contributed by atoms with van der Waals surface area (Å²) in [5, 5.41) is 54.6. The van der Waals surface area contributed by atoms with Gasteiger partial charge in [-0.25, -0.2) is 0 Å². The lowest BCUT2D eigenvalue weighted by Crippen LogP contribution is -2.60. The Bertz CT molecular complexity index is 1210. The zero-order valence-electron chi connectivity index (χ0n) is 46.5. The van der Waals surface area contributed by atoms with Crippen LogP contribution >= 0.6 is 0 Å². The molecule has 1 fully saturated rings. The van der Waals surface area contributed by atoms with E-state index in [0.717, 1.165) is 44.9 Å². The van der Waals surface area contributed by atoms with Crippen molar-refractivity contribution in [3.05, 3.63) is 36.5 Å². The lowest BCUT2D eigenvalue weighted by molar-refractivity contribution is -0.302. The SMILES string of the molecule is CCCCCCCCCCC/C=C\C/C=C\CCCCCCCCCCCCCC(=O)NC(COC1OC(CO)C(O)C(O)C1O)C(O)/C=C/CCCCCCCCCCCCCCCCCCCCC. The normalized spacial score (nSPS) is 19.5. The number of rotatable bonds is 53. The highest BCUT2D eigenvalue weighted by molar-refractivity contribution is 5.76. The molecule has 1 aliphatic heterocycles. The van der Waals surface area contributed by atoms with Gasteiger partial charge in [-0.1, -0.05) is 275 Å². The van der Waals surface area contributed by atoms with Crippen LogP contribution in [0.3, 0.4) is 0 Å². The summed E-state index contributed by atoms with van der Waals surface area (Å²) in [6, 6.07) is -0.806. The molecule has 0 aromatic rings. The van der Waals surface area contributed by atoms with Gasteiger partial charge in [0.15, 0.2) is 6.29 Å². The fourth-order valence-electron chi connectivity index (χ4n) is 9.84. The lowest BCUT2D eigenvalue weighted by Gasteiger charge is -2.40. The van der Waals surface area contributed by atoms with Crippen LogP contribution in [0.1, 0.15) is 296 Å². The molecule has 1 heterocycles. The van der Waals surface area contributed by atoms with Crippen LogP contribution in [0.25, 0.3) is 0 Å². The number of aliphatic hydroxyl groups is 5. The van der Waals surface area contributed by atoms with Crippen molar-refractivity contribution in [1.82, 2.24) is 5.32 Å². The molecule has 9 heteroatoms. The number of allylic oxidation sites excluding steroid dienone is 5. The van der Waals surface area contributed by atoms with Crippen molar-refractivity contribution in [1.29, 1.82) is 0 Å². The summed E-state index contributed by atoms with van der Waals surface area (Å²) in [6.45, 7) is 3.81. The summed E-state index contributed by atoms with van der Waals surface area (Å²) in [4.78, 5) is 13.1. The van der Waals surface area contributed by atoms with Crippen LogP contribution < -0.4 is 5.32 Å². The molecule has 0 radical (unpaired) electrons. The first kappa shape index (κ1) is 67.4. The number of hydrogen-bond donors (Lipinski definition) is 6. The number of ether oxygens (including phenoxy) is 2. The van der Waals surface area contributed by atoms with E-state index in [9.17, 15) is 30.3 Å². The second-order valence-electron chi connectivity index (χ2n) is 21.5.